The molecule has 1 aromatic rings. The molecular weight excluding hydrogens is 250 g/mol. The van der Waals surface area contributed by atoms with E-state index in [-0.39, 0.29) is 5.84 Å². The molecule has 0 aromatic carbocycles. The molecule has 0 bridgehead atoms. The van der Waals surface area contributed by atoms with Gasteiger partial charge in [0.15, 0.2) is 5.84 Å². The zero-order valence-corrected chi connectivity index (χ0v) is 12.3. The van der Waals surface area contributed by atoms with Crippen LogP contribution < -0.4 is 10.6 Å². The minimum absolute atomic E-state index is 0.0961. The number of nitrogens with two attached hydrogens (primary N) is 1. The van der Waals surface area contributed by atoms with Crippen molar-refractivity contribution in [3.8, 4) is 0 Å². The molecule has 1 unspecified atom stereocenters. The first kappa shape index (κ1) is 14.7. The van der Waals surface area contributed by atoms with Gasteiger partial charge in [0.1, 0.15) is 5.82 Å². The Balaban J connectivity index is 3.23. The van der Waals surface area contributed by atoms with Crippen LogP contribution in [-0.4, -0.2) is 45.9 Å². The molecule has 18 heavy (non-hydrogen) atoms. The van der Waals surface area contributed by atoms with Gasteiger partial charge in [-0.15, -0.1) is 0 Å². The highest BCUT2D eigenvalue weighted by Gasteiger charge is 2.22. The summed E-state index contributed by atoms with van der Waals surface area (Å²) in [5.74, 6) is 1.96. The first-order chi connectivity index (χ1) is 8.43. The number of rotatable bonds is 5. The topological polar surface area (TPSA) is 79.7 Å². The van der Waals surface area contributed by atoms with E-state index >= 15 is 0 Å². The minimum Gasteiger partial charge on any atom is -0.409 e. The lowest BCUT2D eigenvalue weighted by Gasteiger charge is -2.27. The average molecular weight is 271 g/mol. The molecule has 0 fully saturated rings. The lowest BCUT2D eigenvalue weighted by Crippen LogP contribution is -2.34. The van der Waals surface area contributed by atoms with Crippen LogP contribution in [0, 0.1) is 6.92 Å². The minimum atomic E-state index is 0.0961. The highest BCUT2D eigenvalue weighted by atomic mass is 32.2. The number of hydrogen-bond acceptors (Lipinski definition) is 5. The maximum atomic E-state index is 8.87. The molecule has 102 valence electrons. The molecule has 0 saturated carbocycles. The number of hydrogen-bond donors (Lipinski definition) is 2. The summed E-state index contributed by atoms with van der Waals surface area (Å²) in [4.78, 5) is 2.10. The Labute approximate surface area is 112 Å². The lowest BCUT2D eigenvalue weighted by atomic mass is 10.2. The maximum Gasteiger partial charge on any atom is 0.175 e. The number of thioether (sulfide) groups is 1. The van der Waals surface area contributed by atoms with Crippen LogP contribution in [0.25, 0.3) is 0 Å². The predicted molar refractivity (Wildman–Crippen MR) is 76.7 cm³/mol. The molecule has 0 aliphatic heterocycles. The van der Waals surface area contributed by atoms with Crippen molar-refractivity contribution in [3.05, 3.63) is 11.3 Å². The van der Waals surface area contributed by atoms with Gasteiger partial charge >= 0.3 is 0 Å². The van der Waals surface area contributed by atoms with Crippen LogP contribution in [0.15, 0.2) is 5.16 Å². The van der Waals surface area contributed by atoms with Gasteiger partial charge < -0.3 is 15.8 Å². The third kappa shape index (κ3) is 2.72. The van der Waals surface area contributed by atoms with Gasteiger partial charge in [-0.2, -0.15) is 16.9 Å². The molecule has 0 aliphatic carbocycles. The van der Waals surface area contributed by atoms with Gasteiger partial charge in [-0.1, -0.05) is 5.16 Å². The molecule has 1 rings (SSSR count). The summed E-state index contributed by atoms with van der Waals surface area (Å²) in [6, 6.07) is 0.333. The summed E-state index contributed by atoms with van der Waals surface area (Å²) in [5, 5.41) is 16.3. The monoisotopic (exact) mass is 271 g/mol. The van der Waals surface area contributed by atoms with Crippen molar-refractivity contribution in [1.29, 1.82) is 0 Å². The molecule has 6 nitrogen and oxygen atoms in total. The maximum absolute atomic E-state index is 8.87. The van der Waals surface area contributed by atoms with Gasteiger partial charge in [0, 0.05) is 25.9 Å². The van der Waals surface area contributed by atoms with E-state index in [0.29, 0.717) is 11.6 Å². The Morgan fingerprint density at radius 2 is 2.28 bits per heavy atom. The summed E-state index contributed by atoms with van der Waals surface area (Å²) in [6.45, 7) is 3.98. The van der Waals surface area contributed by atoms with Crippen LogP contribution in [0.4, 0.5) is 5.82 Å². The van der Waals surface area contributed by atoms with Gasteiger partial charge in [-0.05, 0) is 20.1 Å². The van der Waals surface area contributed by atoms with Gasteiger partial charge in [-0.3, -0.25) is 4.68 Å². The van der Waals surface area contributed by atoms with E-state index < -0.39 is 0 Å². The number of aryl methyl sites for hydroxylation is 2. The van der Waals surface area contributed by atoms with E-state index in [1.807, 2.05) is 21.0 Å². The number of nitrogens with zero attached hydrogens (tertiary/aromatic N) is 4. The SMILES string of the molecule is CSCC(C)N(C)c1c(C(N)=NO)c(C)nn1C. The quantitative estimate of drug-likeness (QED) is 0.361. The summed E-state index contributed by atoms with van der Waals surface area (Å²) in [7, 11) is 3.85. The second-order valence-corrected chi connectivity index (χ2v) is 5.22. The van der Waals surface area contributed by atoms with Crippen LogP contribution in [0.2, 0.25) is 0 Å². The van der Waals surface area contributed by atoms with Crippen molar-refractivity contribution in [3.63, 3.8) is 0 Å². The summed E-state index contributed by atoms with van der Waals surface area (Å²) in [5.41, 5.74) is 7.18. The number of amidine groups is 1. The van der Waals surface area contributed by atoms with Crippen LogP contribution >= 0.6 is 11.8 Å². The Kier molecular flexibility index (Phi) is 4.89. The van der Waals surface area contributed by atoms with Crippen molar-refractivity contribution in [2.24, 2.45) is 17.9 Å². The molecule has 0 aliphatic rings. The Morgan fingerprint density at radius 1 is 1.67 bits per heavy atom. The number of oxime groups is 1. The Hall–Kier alpha value is -1.37. The van der Waals surface area contributed by atoms with Crippen molar-refractivity contribution >= 4 is 23.4 Å². The molecule has 1 aromatic heterocycles. The molecule has 0 spiro atoms. The fraction of sp³-hybridized carbons (Fsp3) is 0.636. The molecular formula is C11H21N5OS. The van der Waals surface area contributed by atoms with Crippen LogP contribution in [0.5, 0.6) is 0 Å². The smallest absolute Gasteiger partial charge is 0.175 e. The molecule has 7 heteroatoms. The highest BCUT2D eigenvalue weighted by Crippen LogP contribution is 2.24. The van der Waals surface area contributed by atoms with Crippen LogP contribution in [0.3, 0.4) is 0 Å². The standard InChI is InChI=1S/C11H21N5OS/c1-7(6-18-5)15(3)11-9(10(12)14-17)8(2)13-16(11)4/h7,17H,6H2,1-5H3,(H2,12,14). The second kappa shape index (κ2) is 5.99. The normalized spacial score (nSPS) is 13.7. The molecule has 0 radical (unpaired) electrons. The van der Waals surface area contributed by atoms with Gasteiger partial charge in [0.25, 0.3) is 0 Å². The fourth-order valence-electron chi connectivity index (χ4n) is 1.96. The Morgan fingerprint density at radius 3 is 2.78 bits per heavy atom. The van der Waals surface area contributed by atoms with E-state index in [9.17, 15) is 0 Å². The van der Waals surface area contributed by atoms with Crippen LogP contribution in [-0.2, 0) is 7.05 Å². The third-order valence-corrected chi connectivity index (χ3v) is 3.77. The van der Waals surface area contributed by atoms with E-state index in [4.69, 9.17) is 10.9 Å². The van der Waals surface area contributed by atoms with E-state index in [2.05, 4.69) is 28.3 Å². The predicted octanol–water partition coefficient (Wildman–Crippen LogP) is 1.01. The third-order valence-electron chi connectivity index (χ3n) is 2.96. The lowest BCUT2D eigenvalue weighted by molar-refractivity contribution is 0.318. The summed E-state index contributed by atoms with van der Waals surface area (Å²) >= 11 is 1.78. The molecule has 0 saturated heterocycles. The van der Waals surface area contributed by atoms with Crippen molar-refractivity contribution in [2.45, 2.75) is 19.9 Å². The van der Waals surface area contributed by atoms with Gasteiger partial charge in [-0.25, -0.2) is 0 Å². The number of aromatic nitrogens is 2. The zero-order valence-electron chi connectivity index (χ0n) is 11.5. The zero-order chi connectivity index (χ0) is 13.9. The van der Waals surface area contributed by atoms with E-state index in [0.717, 1.165) is 17.3 Å². The molecule has 1 atom stereocenters. The molecule has 3 N–H and O–H groups in total. The van der Waals surface area contributed by atoms with Crippen molar-refractivity contribution in [2.75, 3.05) is 24.0 Å². The fourth-order valence-corrected chi connectivity index (χ4v) is 2.67. The van der Waals surface area contributed by atoms with E-state index in [1.54, 1.807) is 16.4 Å². The molecule has 0 amide bonds. The van der Waals surface area contributed by atoms with Crippen molar-refractivity contribution < 1.29 is 5.21 Å². The highest BCUT2D eigenvalue weighted by molar-refractivity contribution is 7.98. The van der Waals surface area contributed by atoms with Crippen LogP contribution in [0.1, 0.15) is 18.2 Å². The van der Waals surface area contributed by atoms with Crippen molar-refractivity contribution in [1.82, 2.24) is 9.78 Å². The summed E-state index contributed by atoms with van der Waals surface area (Å²) < 4.78 is 1.76. The summed E-state index contributed by atoms with van der Waals surface area (Å²) in [6.07, 6.45) is 2.07. The van der Waals surface area contributed by atoms with Gasteiger partial charge in [0.2, 0.25) is 0 Å². The first-order valence-electron chi connectivity index (χ1n) is 5.67. The molecule has 1 heterocycles. The Bertz CT molecular complexity index is 443. The largest absolute Gasteiger partial charge is 0.409 e. The number of anilines is 1. The first-order valence-corrected chi connectivity index (χ1v) is 7.06. The average Bonchev–Trinajstić information content (AvgIpc) is 2.62. The van der Waals surface area contributed by atoms with Gasteiger partial charge in [0.05, 0.1) is 11.3 Å². The van der Waals surface area contributed by atoms with E-state index in [1.165, 1.54) is 0 Å². The second-order valence-electron chi connectivity index (χ2n) is 4.31.